The van der Waals surface area contributed by atoms with E-state index in [1.165, 1.54) is 0 Å². The molecule has 2 heterocycles. The molecule has 4 rings (SSSR count). The van der Waals surface area contributed by atoms with Crippen LogP contribution in [-0.4, -0.2) is 43.5 Å². The van der Waals surface area contributed by atoms with Crippen LogP contribution < -0.4 is 5.32 Å². The lowest BCUT2D eigenvalue weighted by Crippen LogP contribution is -2.31. The van der Waals surface area contributed by atoms with Gasteiger partial charge in [-0.1, -0.05) is 23.2 Å². The second kappa shape index (κ2) is 4.96. The summed E-state index contributed by atoms with van der Waals surface area (Å²) in [4.78, 5) is 8.73. The van der Waals surface area contributed by atoms with Gasteiger partial charge in [0.15, 0.2) is 10.8 Å². The van der Waals surface area contributed by atoms with Gasteiger partial charge in [0.05, 0.1) is 24.2 Å². The summed E-state index contributed by atoms with van der Waals surface area (Å²) in [5.41, 5.74) is 1.86. The van der Waals surface area contributed by atoms with E-state index in [-0.39, 0.29) is 23.0 Å². The highest BCUT2D eigenvalue weighted by atomic mass is 35.5. The molecule has 118 valence electrons. The largest absolute Gasteiger partial charge is 0.390 e. The summed E-state index contributed by atoms with van der Waals surface area (Å²) < 4.78 is 1.82. The number of halogens is 2. The van der Waals surface area contributed by atoms with Crippen molar-refractivity contribution in [1.29, 1.82) is 0 Å². The Bertz CT molecular complexity index is 750. The molecule has 2 aliphatic rings. The SMILES string of the molecule is CCNc1c(Cl)c(Cl)nc2c1ncn2[C@H]1[C@H](O)[C@H](O)[C@@H]2C[C@@H]21. The molecule has 2 aromatic rings. The topological polar surface area (TPSA) is 83.2 Å². The van der Waals surface area contributed by atoms with Gasteiger partial charge in [-0.2, -0.15) is 0 Å². The number of hydrogen-bond donors (Lipinski definition) is 3. The van der Waals surface area contributed by atoms with Crippen molar-refractivity contribution in [2.75, 3.05) is 11.9 Å². The van der Waals surface area contributed by atoms with E-state index in [2.05, 4.69) is 15.3 Å². The van der Waals surface area contributed by atoms with Crippen LogP contribution in [0.25, 0.3) is 11.2 Å². The molecular weight excluding hydrogens is 327 g/mol. The Labute approximate surface area is 137 Å². The molecule has 0 saturated heterocycles. The maximum Gasteiger partial charge on any atom is 0.164 e. The third-order valence-electron chi connectivity index (χ3n) is 4.75. The fraction of sp³-hybridized carbons (Fsp3) is 0.571. The van der Waals surface area contributed by atoms with Crippen LogP contribution in [0.2, 0.25) is 10.2 Å². The molecule has 0 spiro atoms. The maximum absolute atomic E-state index is 10.3. The summed E-state index contributed by atoms with van der Waals surface area (Å²) in [7, 11) is 0. The van der Waals surface area contributed by atoms with Crippen molar-refractivity contribution >= 4 is 40.1 Å². The van der Waals surface area contributed by atoms with Crippen LogP contribution in [0, 0.1) is 11.8 Å². The zero-order chi connectivity index (χ0) is 15.6. The number of imidazole rings is 1. The van der Waals surface area contributed by atoms with Gasteiger partial charge in [0.25, 0.3) is 0 Å². The molecule has 22 heavy (non-hydrogen) atoms. The van der Waals surface area contributed by atoms with E-state index in [4.69, 9.17) is 23.2 Å². The molecule has 2 aliphatic carbocycles. The normalized spacial score (nSPS) is 33.2. The first kappa shape index (κ1) is 14.5. The summed E-state index contributed by atoms with van der Waals surface area (Å²) >= 11 is 12.4. The number of fused-ring (bicyclic) bond motifs is 2. The third-order valence-corrected chi connectivity index (χ3v) is 5.49. The molecule has 0 amide bonds. The van der Waals surface area contributed by atoms with E-state index >= 15 is 0 Å². The van der Waals surface area contributed by atoms with Crippen LogP contribution in [0.5, 0.6) is 0 Å². The highest BCUT2D eigenvalue weighted by Crippen LogP contribution is 2.58. The van der Waals surface area contributed by atoms with Gasteiger partial charge in [-0.05, 0) is 25.2 Å². The molecule has 3 N–H and O–H groups in total. The van der Waals surface area contributed by atoms with Crippen LogP contribution in [0.15, 0.2) is 6.33 Å². The number of aliphatic hydroxyl groups is 2. The van der Waals surface area contributed by atoms with Crippen molar-refractivity contribution in [1.82, 2.24) is 14.5 Å². The number of nitrogens with one attached hydrogen (secondary N) is 1. The summed E-state index contributed by atoms with van der Waals surface area (Å²) in [5, 5.41) is 24.0. The van der Waals surface area contributed by atoms with Crippen molar-refractivity contribution in [2.24, 2.45) is 11.8 Å². The number of aliphatic hydroxyl groups excluding tert-OH is 2. The molecule has 0 bridgehead atoms. The number of aromatic nitrogens is 3. The molecular formula is C14H16Cl2N4O2. The number of pyridine rings is 1. The van der Waals surface area contributed by atoms with Gasteiger partial charge in [-0.15, -0.1) is 0 Å². The van der Waals surface area contributed by atoms with Crippen LogP contribution in [0.1, 0.15) is 19.4 Å². The molecule has 0 aliphatic heterocycles. The summed E-state index contributed by atoms with van der Waals surface area (Å²) in [5.74, 6) is 0.440. The first-order valence-electron chi connectivity index (χ1n) is 7.36. The van der Waals surface area contributed by atoms with E-state index < -0.39 is 12.2 Å². The van der Waals surface area contributed by atoms with Crippen molar-refractivity contribution in [2.45, 2.75) is 31.6 Å². The minimum atomic E-state index is -0.806. The minimum absolute atomic E-state index is 0.174. The molecule has 0 aromatic carbocycles. The van der Waals surface area contributed by atoms with Crippen LogP contribution in [-0.2, 0) is 0 Å². The first-order chi connectivity index (χ1) is 10.5. The molecule has 8 heteroatoms. The summed E-state index contributed by atoms with van der Waals surface area (Å²) in [6.45, 7) is 2.64. The Balaban J connectivity index is 1.87. The summed E-state index contributed by atoms with van der Waals surface area (Å²) in [6.07, 6.45) is 1.08. The van der Waals surface area contributed by atoms with Crippen LogP contribution in [0.4, 0.5) is 5.69 Å². The maximum atomic E-state index is 10.3. The van der Waals surface area contributed by atoms with Crippen molar-refractivity contribution in [3.63, 3.8) is 0 Å². The van der Waals surface area contributed by atoms with Crippen LogP contribution in [0.3, 0.4) is 0 Å². The Hall–Kier alpha value is -1.08. The highest BCUT2D eigenvalue weighted by Gasteiger charge is 2.60. The average Bonchev–Trinajstić information content (AvgIpc) is 3.11. The van der Waals surface area contributed by atoms with Crippen molar-refractivity contribution in [3.05, 3.63) is 16.5 Å². The molecule has 6 nitrogen and oxygen atoms in total. The van der Waals surface area contributed by atoms with E-state index in [1.807, 2.05) is 11.5 Å². The second-order valence-electron chi connectivity index (χ2n) is 5.98. The number of hydrogen-bond acceptors (Lipinski definition) is 5. The lowest BCUT2D eigenvalue weighted by Gasteiger charge is -2.22. The Morgan fingerprint density at radius 1 is 1.32 bits per heavy atom. The lowest BCUT2D eigenvalue weighted by molar-refractivity contribution is 0.00386. The van der Waals surface area contributed by atoms with Crippen molar-refractivity contribution in [3.8, 4) is 0 Å². The number of anilines is 1. The molecule has 2 fully saturated rings. The van der Waals surface area contributed by atoms with Gasteiger partial charge in [0.1, 0.15) is 16.6 Å². The smallest absolute Gasteiger partial charge is 0.164 e. The fourth-order valence-corrected chi connectivity index (χ4v) is 4.02. The molecule has 0 unspecified atom stereocenters. The van der Waals surface area contributed by atoms with Gasteiger partial charge >= 0.3 is 0 Å². The molecule has 0 radical (unpaired) electrons. The van der Waals surface area contributed by atoms with Gasteiger partial charge in [-0.3, -0.25) is 0 Å². The minimum Gasteiger partial charge on any atom is -0.390 e. The number of rotatable bonds is 3. The van der Waals surface area contributed by atoms with Crippen LogP contribution >= 0.6 is 23.2 Å². The Morgan fingerprint density at radius 3 is 2.73 bits per heavy atom. The van der Waals surface area contributed by atoms with E-state index in [0.29, 0.717) is 28.4 Å². The molecule has 2 saturated carbocycles. The average molecular weight is 343 g/mol. The molecule has 2 aromatic heterocycles. The fourth-order valence-electron chi connectivity index (χ4n) is 3.65. The standard InChI is InChI=1S/C14H16Cl2N4O2/c1-2-17-8-7(15)13(16)19-14-9(8)18-4-20(14)10-5-3-6(5)11(21)12(10)22/h4-6,10-12,21-22H,2-3H2,1H3,(H,17,19)/t5-,6+,10+,11+,12-/m0/s1. The predicted octanol–water partition coefficient (Wildman–Crippen LogP) is 2.08. The zero-order valence-corrected chi connectivity index (χ0v) is 13.4. The zero-order valence-electron chi connectivity index (χ0n) is 11.9. The quantitative estimate of drug-likeness (QED) is 0.744. The third kappa shape index (κ3) is 1.88. The Kier molecular flexibility index (Phi) is 3.27. The number of nitrogens with zero attached hydrogens (tertiary/aromatic N) is 3. The van der Waals surface area contributed by atoms with Gasteiger partial charge in [-0.25, -0.2) is 9.97 Å². The molecule has 5 atom stereocenters. The second-order valence-corrected chi connectivity index (χ2v) is 6.72. The van der Waals surface area contributed by atoms with Crippen molar-refractivity contribution < 1.29 is 10.2 Å². The lowest BCUT2D eigenvalue weighted by atomic mass is 10.1. The van der Waals surface area contributed by atoms with Gasteiger partial charge < -0.3 is 20.1 Å². The first-order valence-corrected chi connectivity index (χ1v) is 8.11. The predicted molar refractivity (Wildman–Crippen MR) is 84.4 cm³/mol. The van der Waals surface area contributed by atoms with E-state index in [9.17, 15) is 10.2 Å². The highest BCUT2D eigenvalue weighted by molar-refractivity contribution is 6.44. The van der Waals surface area contributed by atoms with Gasteiger partial charge in [0, 0.05) is 6.54 Å². The Morgan fingerprint density at radius 2 is 2.09 bits per heavy atom. The monoisotopic (exact) mass is 342 g/mol. The van der Waals surface area contributed by atoms with Gasteiger partial charge in [0.2, 0.25) is 0 Å². The summed E-state index contributed by atoms with van der Waals surface area (Å²) in [6, 6.07) is -0.218. The van der Waals surface area contributed by atoms with E-state index in [1.54, 1.807) is 6.33 Å². The van der Waals surface area contributed by atoms with E-state index in [0.717, 1.165) is 6.42 Å².